The molecule has 0 bridgehead atoms. The van der Waals surface area contributed by atoms with Gasteiger partial charge in [0.1, 0.15) is 11.5 Å². The first-order valence-corrected chi connectivity index (χ1v) is 9.55. The average molecular weight is 394 g/mol. The Hall–Kier alpha value is -2.98. The van der Waals surface area contributed by atoms with Crippen LogP contribution < -0.4 is 4.90 Å². The Morgan fingerprint density at radius 3 is 2.61 bits per heavy atom. The summed E-state index contributed by atoms with van der Waals surface area (Å²) in [6.45, 7) is 2.58. The molecule has 0 saturated heterocycles. The number of halogens is 1. The predicted molar refractivity (Wildman–Crippen MR) is 111 cm³/mol. The molecule has 0 aliphatic carbocycles. The molecule has 0 aromatic heterocycles. The lowest BCUT2D eigenvalue weighted by atomic mass is 9.95. The van der Waals surface area contributed by atoms with Crippen LogP contribution in [0.15, 0.2) is 54.6 Å². The van der Waals surface area contributed by atoms with Crippen molar-refractivity contribution in [3.8, 4) is 22.6 Å². The van der Waals surface area contributed by atoms with Gasteiger partial charge >= 0.3 is 0 Å². The predicted octanol–water partition coefficient (Wildman–Crippen LogP) is 5.32. The zero-order valence-electron chi connectivity index (χ0n) is 15.4. The summed E-state index contributed by atoms with van der Waals surface area (Å²) >= 11 is 6.42. The third-order valence-electron chi connectivity index (χ3n) is 5.09. The number of benzene rings is 3. The molecular weight excluding hydrogens is 374 g/mol. The first-order valence-electron chi connectivity index (χ1n) is 9.17. The summed E-state index contributed by atoms with van der Waals surface area (Å²) < 4.78 is 0. The smallest absolute Gasteiger partial charge is 0.262 e. The maximum absolute atomic E-state index is 13.0. The Morgan fingerprint density at radius 1 is 1.04 bits per heavy atom. The van der Waals surface area contributed by atoms with Crippen LogP contribution in [0.1, 0.15) is 27.9 Å². The van der Waals surface area contributed by atoms with Gasteiger partial charge in [-0.3, -0.25) is 4.79 Å². The minimum atomic E-state index is -0.278. The number of amides is 1. The molecule has 1 amide bonds. The molecule has 28 heavy (non-hydrogen) atoms. The first-order chi connectivity index (χ1) is 13.4. The van der Waals surface area contributed by atoms with Gasteiger partial charge in [0, 0.05) is 28.9 Å². The molecule has 0 saturated carbocycles. The van der Waals surface area contributed by atoms with Gasteiger partial charge < -0.3 is 15.1 Å². The molecule has 1 aliphatic rings. The van der Waals surface area contributed by atoms with E-state index in [2.05, 4.69) is 6.07 Å². The second-order valence-electron chi connectivity index (χ2n) is 7.09. The monoisotopic (exact) mass is 393 g/mol. The summed E-state index contributed by atoms with van der Waals surface area (Å²) in [4.78, 5) is 14.7. The quantitative estimate of drug-likeness (QED) is 0.619. The number of aryl methyl sites for hydroxylation is 2. The average Bonchev–Trinajstić information content (AvgIpc) is 2.66. The van der Waals surface area contributed by atoms with Crippen molar-refractivity contribution in [3.05, 3.63) is 76.3 Å². The molecule has 5 heteroatoms. The molecule has 1 aliphatic heterocycles. The van der Waals surface area contributed by atoms with Gasteiger partial charge in [-0.1, -0.05) is 29.8 Å². The van der Waals surface area contributed by atoms with Gasteiger partial charge in [0.25, 0.3) is 5.91 Å². The lowest BCUT2D eigenvalue weighted by Gasteiger charge is -2.30. The lowest BCUT2D eigenvalue weighted by molar-refractivity contribution is 0.0982. The molecule has 3 aromatic carbocycles. The fourth-order valence-corrected chi connectivity index (χ4v) is 4.02. The van der Waals surface area contributed by atoms with Crippen LogP contribution in [-0.2, 0) is 6.42 Å². The normalized spacial score (nSPS) is 13.3. The van der Waals surface area contributed by atoms with Crippen molar-refractivity contribution < 1.29 is 15.0 Å². The van der Waals surface area contributed by atoms with E-state index in [0.29, 0.717) is 11.6 Å². The third kappa shape index (κ3) is 3.32. The van der Waals surface area contributed by atoms with Crippen molar-refractivity contribution >= 4 is 23.2 Å². The fourth-order valence-electron chi connectivity index (χ4n) is 3.68. The van der Waals surface area contributed by atoms with E-state index in [1.54, 1.807) is 4.90 Å². The number of carbonyl (C=O) groups excluding carboxylic acids is 1. The SMILES string of the molecule is Cc1ccc(-c2ccc3c(c2)CCCN3C(=O)c2ccc(O)cc2O)c(Cl)c1. The van der Waals surface area contributed by atoms with Crippen molar-refractivity contribution in [1.82, 2.24) is 0 Å². The highest BCUT2D eigenvalue weighted by Gasteiger charge is 2.26. The van der Waals surface area contributed by atoms with E-state index in [9.17, 15) is 15.0 Å². The number of fused-ring (bicyclic) bond motifs is 1. The number of carbonyl (C=O) groups is 1. The minimum Gasteiger partial charge on any atom is -0.508 e. The van der Waals surface area contributed by atoms with Crippen molar-refractivity contribution in [2.24, 2.45) is 0 Å². The number of aromatic hydroxyl groups is 2. The largest absolute Gasteiger partial charge is 0.508 e. The van der Waals surface area contributed by atoms with E-state index in [1.165, 1.54) is 18.2 Å². The highest BCUT2D eigenvalue weighted by Crippen LogP contribution is 2.36. The number of anilines is 1. The van der Waals surface area contributed by atoms with Crippen LogP contribution >= 0.6 is 11.6 Å². The molecule has 0 atom stereocenters. The zero-order chi connectivity index (χ0) is 19.8. The van der Waals surface area contributed by atoms with Gasteiger partial charge in [0.15, 0.2) is 0 Å². The van der Waals surface area contributed by atoms with E-state index in [-0.39, 0.29) is 23.0 Å². The molecule has 1 heterocycles. The number of hydrogen-bond donors (Lipinski definition) is 2. The van der Waals surface area contributed by atoms with Gasteiger partial charge in [-0.05, 0) is 66.8 Å². The summed E-state index contributed by atoms with van der Waals surface area (Å²) in [5.41, 5.74) is 5.19. The molecule has 4 nitrogen and oxygen atoms in total. The molecule has 4 rings (SSSR count). The highest BCUT2D eigenvalue weighted by atomic mass is 35.5. The molecule has 142 valence electrons. The molecule has 0 radical (unpaired) electrons. The van der Waals surface area contributed by atoms with Crippen molar-refractivity contribution in [2.45, 2.75) is 19.8 Å². The van der Waals surface area contributed by atoms with Crippen molar-refractivity contribution in [1.29, 1.82) is 0 Å². The Balaban J connectivity index is 1.71. The second-order valence-corrected chi connectivity index (χ2v) is 7.50. The number of rotatable bonds is 2. The van der Waals surface area contributed by atoms with Crippen LogP contribution in [0, 0.1) is 6.92 Å². The lowest BCUT2D eigenvalue weighted by Crippen LogP contribution is -2.35. The Labute approximate surface area is 168 Å². The van der Waals surface area contributed by atoms with Crippen LogP contribution in [0.2, 0.25) is 5.02 Å². The van der Waals surface area contributed by atoms with Crippen LogP contribution in [0.25, 0.3) is 11.1 Å². The molecule has 2 N–H and O–H groups in total. The van der Waals surface area contributed by atoms with Gasteiger partial charge in [-0.2, -0.15) is 0 Å². The summed E-state index contributed by atoms with van der Waals surface area (Å²) in [7, 11) is 0. The van der Waals surface area contributed by atoms with Gasteiger partial charge in [-0.25, -0.2) is 0 Å². The van der Waals surface area contributed by atoms with E-state index < -0.39 is 0 Å². The molecular formula is C23H20ClNO3. The molecule has 0 fully saturated rings. The van der Waals surface area contributed by atoms with Crippen molar-refractivity contribution in [2.75, 3.05) is 11.4 Å². The van der Waals surface area contributed by atoms with Crippen LogP contribution in [0.4, 0.5) is 5.69 Å². The van der Waals surface area contributed by atoms with Gasteiger partial charge in [-0.15, -0.1) is 0 Å². The highest BCUT2D eigenvalue weighted by molar-refractivity contribution is 6.33. The van der Waals surface area contributed by atoms with Crippen LogP contribution in [0.5, 0.6) is 11.5 Å². The number of hydrogen-bond acceptors (Lipinski definition) is 3. The number of phenolic OH excluding ortho intramolecular Hbond substituents is 2. The maximum Gasteiger partial charge on any atom is 0.262 e. The fraction of sp³-hybridized carbons (Fsp3) is 0.174. The molecule has 3 aromatic rings. The van der Waals surface area contributed by atoms with Crippen LogP contribution in [0.3, 0.4) is 0 Å². The third-order valence-corrected chi connectivity index (χ3v) is 5.40. The van der Waals surface area contributed by atoms with E-state index >= 15 is 0 Å². The van der Waals surface area contributed by atoms with Gasteiger partial charge in [0.05, 0.1) is 5.56 Å². The van der Waals surface area contributed by atoms with E-state index in [0.717, 1.165) is 40.8 Å². The summed E-state index contributed by atoms with van der Waals surface area (Å²) in [5.74, 6) is -0.576. The topological polar surface area (TPSA) is 60.8 Å². The Kier molecular flexibility index (Phi) is 4.73. The number of nitrogens with zero attached hydrogens (tertiary/aromatic N) is 1. The van der Waals surface area contributed by atoms with Crippen LogP contribution in [-0.4, -0.2) is 22.7 Å². The Morgan fingerprint density at radius 2 is 1.86 bits per heavy atom. The summed E-state index contributed by atoms with van der Waals surface area (Å²) in [5, 5.41) is 20.2. The van der Waals surface area contributed by atoms with Gasteiger partial charge in [0.2, 0.25) is 0 Å². The van der Waals surface area contributed by atoms with E-state index in [4.69, 9.17) is 11.6 Å². The minimum absolute atomic E-state index is 0.0762. The number of phenols is 2. The summed E-state index contributed by atoms with van der Waals surface area (Å²) in [6.07, 6.45) is 1.71. The summed E-state index contributed by atoms with van der Waals surface area (Å²) in [6, 6.07) is 16.0. The first kappa shape index (κ1) is 18.4. The Bertz CT molecular complexity index is 1080. The standard InChI is InChI=1S/C23H20ClNO3/c1-14-4-7-18(20(24)11-14)15-5-9-21-16(12-15)3-2-10-25(21)23(28)19-8-6-17(26)13-22(19)27/h4-9,11-13,26-27H,2-3,10H2,1H3. The maximum atomic E-state index is 13.0. The zero-order valence-corrected chi connectivity index (χ0v) is 16.2. The molecule has 0 unspecified atom stereocenters. The molecule has 0 spiro atoms. The van der Waals surface area contributed by atoms with Crippen molar-refractivity contribution in [3.63, 3.8) is 0 Å². The second kappa shape index (κ2) is 7.21. The van der Waals surface area contributed by atoms with E-state index in [1.807, 2.05) is 37.3 Å².